The molecule has 0 saturated heterocycles. The van der Waals surface area contributed by atoms with E-state index >= 15 is 0 Å². The molecule has 140 valence electrons. The first kappa shape index (κ1) is 19.2. The van der Waals surface area contributed by atoms with E-state index in [9.17, 15) is 32.9 Å². The number of nitrogens with zero attached hydrogens (tertiary/aromatic N) is 1. The molecule has 0 bridgehead atoms. The standard InChI is InChI=1S/C15H13F3N2O6/c1-8-12(11(6-7-25-8)19-14(22)15(16,17)18)26-13(21)9-2-4-10(5-3-9)20(23)24/h2-8,11-12H,1H3,(H,19,22)/t8-,11-,12-/m0/s1. The third-order valence-electron chi connectivity index (χ3n) is 3.51. The average molecular weight is 374 g/mol. The lowest BCUT2D eigenvalue weighted by Gasteiger charge is -2.33. The van der Waals surface area contributed by atoms with E-state index in [1.165, 1.54) is 6.92 Å². The third kappa shape index (κ3) is 4.49. The van der Waals surface area contributed by atoms with Crippen LogP contribution in [-0.4, -0.2) is 41.2 Å². The molecule has 3 atom stereocenters. The van der Waals surface area contributed by atoms with Crippen LogP contribution in [0.3, 0.4) is 0 Å². The number of nitrogens with one attached hydrogen (secondary N) is 1. The van der Waals surface area contributed by atoms with E-state index in [1.807, 2.05) is 0 Å². The zero-order valence-electron chi connectivity index (χ0n) is 13.2. The highest BCUT2D eigenvalue weighted by atomic mass is 19.4. The lowest BCUT2D eigenvalue weighted by atomic mass is 10.0. The van der Waals surface area contributed by atoms with Gasteiger partial charge in [0.1, 0.15) is 6.10 Å². The molecule has 1 aromatic carbocycles. The first-order valence-corrected chi connectivity index (χ1v) is 7.25. The van der Waals surface area contributed by atoms with Crippen molar-refractivity contribution in [2.24, 2.45) is 0 Å². The summed E-state index contributed by atoms with van der Waals surface area (Å²) in [5.41, 5.74) is -0.285. The molecule has 1 aliphatic rings. The number of halogens is 3. The lowest BCUT2D eigenvalue weighted by Crippen LogP contribution is -2.53. The molecule has 0 aromatic heterocycles. The Morgan fingerprint density at radius 2 is 1.88 bits per heavy atom. The molecule has 1 aromatic rings. The predicted molar refractivity (Wildman–Crippen MR) is 80.0 cm³/mol. The summed E-state index contributed by atoms with van der Waals surface area (Å²) < 4.78 is 47.5. The molecule has 2 rings (SSSR count). The number of hydrogen-bond donors (Lipinski definition) is 1. The number of nitro benzene ring substituents is 1. The molecule has 1 amide bonds. The van der Waals surface area contributed by atoms with Crippen molar-refractivity contribution in [3.63, 3.8) is 0 Å². The molecule has 11 heteroatoms. The van der Waals surface area contributed by atoms with Gasteiger partial charge in [0, 0.05) is 12.1 Å². The van der Waals surface area contributed by atoms with Crippen LogP contribution in [0, 0.1) is 10.1 Å². The number of rotatable bonds is 4. The van der Waals surface area contributed by atoms with Gasteiger partial charge in [-0.1, -0.05) is 0 Å². The maximum Gasteiger partial charge on any atom is 0.471 e. The molecule has 1 heterocycles. The molecular formula is C15H13F3N2O6. The van der Waals surface area contributed by atoms with Crippen molar-refractivity contribution < 1.29 is 37.2 Å². The monoisotopic (exact) mass is 374 g/mol. The normalized spacial score (nSPS) is 22.2. The Bertz CT molecular complexity index is 732. The number of amides is 1. The van der Waals surface area contributed by atoms with Gasteiger partial charge in [0.25, 0.3) is 5.69 Å². The topological polar surface area (TPSA) is 108 Å². The molecule has 8 nitrogen and oxygen atoms in total. The zero-order chi connectivity index (χ0) is 19.5. The Kier molecular flexibility index (Phi) is 5.48. The zero-order valence-corrected chi connectivity index (χ0v) is 13.2. The molecule has 0 saturated carbocycles. The van der Waals surface area contributed by atoms with Crippen molar-refractivity contribution in [1.29, 1.82) is 0 Å². The SMILES string of the molecule is C[C@@H]1OC=C[C@H](NC(=O)C(F)(F)F)[C@H]1OC(=O)c1ccc([N+](=O)[O-])cc1. The maximum atomic E-state index is 12.4. The van der Waals surface area contributed by atoms with Gasteiger partial charge in [-0.05, 0) is 25.1 Å². The van der Waals surface area contributed by atoms with Crippen molar-refractivity contribution in [2.75, 3.05) is 0 Å². The fraction of sp³-hybridized carbons (Fsp3) is 0.333. The number of carbonyl (C=O) groups excluding carboxylic acids is 2. The molecular weight excluding hydrogens is 361 g/mol. The molecule has 1 N–H and O–H groups in total. The third-order valence-corrected chi connectivity index (χ3v) is 3.51. The highest BCUT2D eigenvalue weighted by molar-refractivity contribution is 5.90. The fourth-order valence-corrected chi connectivity index (χ4v) is 2.18. The van der Waals surface area contributed by atoms with E-state index in [0.29, 0.717) is 0 Å². The van der Waals surface area contributed by atoms with E-state index in [0.717, 1.165) is 36.6 Å². The van der Waals surface area contributed by atoms with Crippen LogP contribution in [0.15, 0.2) is 36.6 Å². The van der Waals surface area contributed by atoms with E-state index < -0.39 is 41.2 Å². The molecule has 0 aliphatic carbocycles. The van der Waals surface area contributed by atoms with Crippen LogP contribution in [0.4, 0.5) is 18.9 Å². The second-order valence-corrected chi connectivity index (χ2v) is 5.34. The van der Waals surface area contributed by atoms with Gasteiger partial charge >= 0.3 is 18.1 Å². The number of carbonyl (C=O) groups is 2. The Hall–Kier alpha value is -3.11. The van der Waals surface area contributed by atoms with Crippen molar-refractivity contribution in [3.8, 4) is 0 Å². The second kappa shape index (κ2) is 7.42. The maximum absolute atomic E-state index is 12.4. The van der Waals surface area contributed by atoms with Crippen molar-refractivity contribution in [1.82, 2.24) is 5.32 Å². The highest BCUT2D eigenvalue weighted by Gasteiger charge is 2.43. The van der Waals surface area contributed by atoms with Gasteiger partial charge in [0.15, 0.2) is 6.10 Å². The predicted octanol–water partition coefficient (Wildman–Crippen LogP) is 2.10. The van der Waals surface area contributed by atoms with E-state index in [4.69, 9.17) is 9.47 Å². The smallest absolute Gasteiger partial charge is 0.471 e. The quantitative estimate of drug-likeness (QED) is 0.491. The number of non-ortho nitro benzene ring substituents is 1. The van der Waals surface area contributed by atoms with Gasteiger partial charge in [0.2, 0.25) is 0 Å². The summed E-state index contributed by atoms with van der Waals surface area (Å²) >= 11 is 0. The first-order chi connectivity index (χ1) is 12.1. The number of esters is 1. The van der Waals surface area contributed by atoms with E-state index in [-0.39, 0.29) is 11.3 Å². The number of ether oxygens (including phenoxy) is 2. The minimum absolute atomic E-state index is 0.0433. The summed E-state index contributed by atoms with van der Waals surface area (Å²) in [4.78, 5) is 33.2. The molecule has 26 heavy (non-hydrogen) atoms. The summed E-state index contributed by atoms with van der Waals surface area (Å²) in [5, 5.41) is 12.3. The molecule has 0 radical (unpaired) electrons. The van der Waals surface area contributed by atoms with Gasteiger partial charge in [-0.25, -0.2) is 4.79 Å². The van der Waals surface area contributed by atoms with Crippen LogP contribution >= 0.6 is 0 Å². The van der Waals surface area contributed by atoms with Crippen molar-refractivity contribution in [2.45, 2.75) is 31.3 Å². The van der Waals surface area contributed by atoms with Gasteiger partial charge < -0.3 is 14.8 Å². The molecule has 0 fully saturated rings. The van der Waals surface area contributed by atoms with Crippen LogP contribution in [-0.2, 0) is 14.3 Å². The van der Waals surface area contributed by atoms with Crippen LogP contribution in [0.5, 0.6) is 0 Å². The molecule has 0 spiro atoms. The lowest BCUT2D eigenvalue weighted by molar-refractivity contribution is -0.384. The molecule has 0 unspecified atom stereocenters. The summed E-state index contributed by atoms with van der Waals surface area (Å²) in [6.45, 7) is 1.45. The van der Waals surface area contributed by atoms with Gasteiger partial charge in [-0.2, -0.15) is 13.2 Å². The summed E-state index contributed by atoms with van der Waals surface area (Å²) in [7, 11) is 0. The number of benzene rings is 1. The van der Waals surface area contributed by atoms with Crippen LogP contribution in [0.25, 0.3) is 0 Å². The Morgan fingerprint density at radius 3 is 2.42 bits per heavy atom. The van der Waals surface area contributed by atoms with E-state index in [1.54, 1.807) is 5.32 Å². The fourth-order valence-electron chi connectivity index (χ4n) is 2.18. The average Bonchev–Trinajstić information content (AvgIpc) is 2.57. The largest absolute Gasteiger partial charge is 0.495 e. The Morgan fingerprint density at radius 1 is 1.27 bits per heavy atom. The van der Waals surface area contributed by atoms with Crippen LogP contribution in [0.2, 0.25) is 0 Å². The van der Waals surface area contributed by atoms with Gasteiger partial charge in [-0.3, -0.25) is 14.9 Å². The minimum Gasteiger partial charge on any atom is -0.495 e. The van der Waals surface area contributed by atoms with Crippen molar-refractivity contribution in [3.05, 3.63) is 52.3 Å². The first-order valence-electron chi connectivity index (χ1n) is 7.25. The summed E-state index contributed by atoms with van der Waals surface area (Å²) in [6.07, 6.45) is -4.93. The van der Waals surface area contributed by atoms with Crippen LogP contribution < -0.4 is 5.32 Å². The van der Waals surface area contributed by atoms with Crippen LogP contribution in [0.1, 0.15) is 17.3 Å². The highest BCUT2D eigenvalue weighted by Crippen LogP contribution is 2.21. The summed E-state index contributed by atoms with van der Waals surface area (Å²) in [5.74, 6) is -3.11. The van der Waals surface area contributed by atoms with Gasteiger partial charge in [0.05, 0.1) is 22.8 Å². The Labute approximate surface area is 144 Å². The van der Waals surface area contributed by atoms with E-state index in [2.05, 4.69) is 0 Å². The summed E-state index contributed by atoms with van der Waals surface area (Å²) in [6, 6.07) is 3.21. The van der Waals surface area contributed by atoms with Crippen molar-refractivity contribution >= 4 is 17.6 Å². The van der Waals surface area contributed by atoms with Gasteiger partial charge in [-0.15, -0.1) is 0 Å². The Balaban J connectivity index is 2.13. The number of alkyl halides is 3. The molecule has 1 aliphatic heterocycles. The number of hydrogen-bond acceptors (Lipinski definition) is 6. The minimum atomic E-state index is -5.09. The second-order valence-electron chi connectivity index (χ2n) is 5.34. The number of nitro groups is 1.